The van der Waals surface area contributed by atoms with Crippen LogP contribution < -0.4 is 10.2 Å². The molecule has 13 heteroatoms. The number of anilines is 2. The predicted octanol–water partition coefficient (Wildman–Crippen LogP) is 1.20. The number of ether oxygens (including phenoxy) is 2. The highest BCUT2D eigenvalue weighted by molar-refractivity contribution is 5.89. The van der Waals surface area contributed by atoms with E-state index in [4.69, 9.17) is 9.47 Å². The number of carbonyl (C=O) groups excluding carboxylic acids is 2. The molecule has 2 bridgehead atoms. The summed E-state index contributed by atoms with van der Waals surface area (Å²) < 4.78 is 13.4. The first-order valence-corrected chi connectivity index (χ1v) is 13.6. The van der Waals surface area contributed by atoms with Gasteiger partial charge >= 0.3 is 6.03 Å². The lowest BCUT2D eigenvalue weighted by Crippen LogP contribution is -2.48. The van der Waals surface area contributed by atoms with Gasteiger partial charge < -0.3 is 34.6 Å². The summed E-state index contributed by atoms with van der Waals surface area (Å²) in [6.07, 6.45) is 4.08. The van der Waals surface area contributed by atoms with Crippen molar-refractivity contribution in [3.63, 3.8) is 0 Å². The predicted molar refractivity (Wildman–Crippen MR) is 144 cm³/mol. The Morgan fingerprint density at radius 1 is 1.31 bits per heavy atom. The molecule has 1 saturated heterocycles. The summed E-state index contributed by atoms with van der Waals surface area (Å²) in [6.45, 7) is 8.01. The van der Waals surface area contributed by atoms with E-state index >= 15 is 0 Å². The summed E-state index contributed by atoms with van der Waals surface area (Å²) in [4.78, 5) is 36.1. The number of pyridine rings is 1. The van der Waals surface area contributed by atoms with E-state index in [1.807, 2.05) is 26.1 Å². The molecule has 0 saturated carbocycles. The summed E-state index contributed by atoms with van der Waals surface area (Å²) in [7, 11) is 1.71. The van der Waals surface area contributed by atoms with Crippen molar-refractivity contribution in [3.05, 3.63) is 30.2 Å². The average Bonchev–Trinajstić information content (AvgIpc) is 3.41. The second-order valence-electron chi connectivity index (χ2n) is 10.3. The molecule has 39 heavy (non-hydrogen) atoms. The molecule has 1 fully saturated rings. The first-order valence-electron chi connectivity index (χ1n) is 13.6. The van der Waals surface area contributed by atoms with Crippen LogP contribution in [-0.2, 0) is 27.4 Å². The number of nitrogens with one attached hydrogen (secondary N) is 1. The van der Waals surface area contributed by atoms with Gasteiger partial charge in [-0.1, -0.05) is 12.1 Å². The molecule has 2 aliphatic rings. The molecule has 0 unspecified atom stereocenters. The first kappa shape index (κ1) is 28.7. The van der Waals surface area contributed by atoms with E-state index in [0.717, 1.165) is 18.9 Å². The topological polar surface area (TPSA) is 138 Å². The number of aliphatic hydroxyl groups excluding tert-OH is 1. The molecule has 0 aromatic carbocycles. The van der Waals surface area contributed by atoms with E-state index in [0.29, 0.717) is 50.5 Å². The van der Waals surface area contributed by atoms with Crippen molar-refractivity contribution in [2.75, 3.05) is 63.3 Å². The second-order valence-corrected chi connectivity index (χ2v) is 10.3. The molecule has 4 rings (SSSR count). The number of aliphatic hydroxyl groups is 1. The molecule has 0 aliphatic carbocycles. The molecule has 13 nitrogen and oxygen atoms in total. The largest absolute Gasteiger partial charge is 0.394 e. The van der Waals surface area contributed by atoms with Crippen LogP contribution in [0.25, 0.3) is 0 Å². The monoisotopic (exact) mass is 544 g/mol. The smallest absolute Gasteiger partial charge is 0.321 e. The van der Waals surface area contributed by atoms with E-state index in [2.05, 4.69) is 25.5 Å². The molecule has 3 atom stereocenters. The van der Waals surface area contributed by atoms with E-state index in [-0.39, 0.29) is 43.7 Å². The van der Waals surface area contributed by atoms with Gasteiger partial charge in [0.25, 0.3) is 0 Å². The van der Waals surface area contributed by atoms with Crippen molar-refractivity contribution < 1.29 is 24.2 Å². The maximum atomic E-state index is 13.2. The number of likely N-dealkylation sites (N-methyl/N-ethyl adjacent to an activating group) is 1. The van der Waals surface area contributed by atoms with Crippen LogP contribution in [0.1, 0.15) is 32.4 Å². The van der Waals surface area contributed by atoms with E-state index in [9.17, 15) is 14.7 Å². The third kappa shape index (κ3) is 7.87. The maximum absolute atomic E-state index is 13.2. The summed E-state index contributed by atoms with van der Waals surface area (Å²) in [6, 6.07) is 3.02. The van der Waals surface area contributed by atoms with Gasteiger partial charge in [-0.05, 0) is 19.4 Å². The van der Waals surface area contributed by atoms with Crippen molar-refractivity contribution in [3.8, 4) is 0 Å². The number of aryl methyl sites for hydroxylation is 1. The van der Waals surface area contributed by atoms with E-state index < -0.39 is 6.10 Å². The maximum Gasteiger partial charge on any atom is 0.321 e. The minimum atomic E-state index is -0.394. The molecule has 2 aromatic heterocycles. The van der Waals surface area contributed by atoms with Crippen molar-refractivity contribution in [2.24, 2.45) is 5.92 Å². The molecule has 2 N–H and O–H groups in total. The fourth-order valence-electron chi connectivity index (χ4n) is 4.73. The lowest BCUT2D eigenvalue weighted by atomic mass is 10.0. The quantitative estimate of drug-likeness (QED) is 0.549. The normalized spacial score (nSPS) is 21.9. The Hall–Kier alpha value is -3.29. The van der Waals surface area contributed by atoms with Crippen LogP contribution in [0.4, 0.5) is 16.3 Å². The Labute approximate surface area is 229 Å². The molecule has 3 amide bonds. The Morgan fingerprint density at radius 3 is 2.87 bits per heavy atom. The number of morpholine rings is 1. The number of carbonyl (C=O) groups is 2. The zero-order valence-corrected chi connectivity index (χ0v) is 23.0. The van der Waals surface area contributed by atoms with Gasteiger partial charge in [0.1, 0.15) is 11.5 Å². The van der Waals surface area contributed by atoms with E-state index in [1.165, 1.54) is 0 Å². The molecule has 2 aliphatic heterocycles. The molecule has 0 radical (unpaired) electrons. The van der Waals surface area contributed by atoms with Gasteiger partial charge in [0.2, 0.25) is 5.91 Å². The molecular weight excluding hydrogens is 504 g/mol. The van der Waals surface area contributed by atoms with Crippen molar-refractivity contribution in [1.82, 2.24) is 29.8 Å². The third-order valence-corrected chi connectivity index (χ3v) is 7.18. The molecule has 4 heterocycles. The lowest BCUT2D eigenvalue weighted by Gasteiger charge is -2.35. The summed E-state index contributed by atoms with van der Waals surface area (Å²) >= 11 is 0. The second kappa shape index (κ2) is 13.7. The van der Waals surface area contributed by atoms with Gasteiger partial charge in [-0.3, -0.25) is 9.48 Å². The zero-order chi connectivity index (χ0) is 27.8. The molecule has 214 valence electrons. The van der Waals surface area contributed by atoms with Crippen LogP contribution in [0.15, 0.2) is 24.5 Å². The minimum absolute atomic E-state index is 0.0263. The van der Waals surface area contributed by atoms with Gasteiger partial charge in [-0.15, -0.1) is 5.10 Å². The number of rotatable bonds is 6. The Morgan fingerprint density at radius 2 is 2.10 bits per heavy atom. The van der Waals surface area contributed by atoms with Crippen molar-refractivity contribution >= 4 is 23.4 Å². The molecule has 2 aromatic rings. The van der Waals surface area contributed by atoms with Crippen LogP contribution in [0, 0.1) is 5.92 Å². The lowest BCUT2D eigenvalue weighted by molar-refractivity contribution is -0.136. The number of hydrogen-bond acceptors (Lipinski definition) is 9. The third-order valence-electron chi connectivity index (χ3n) is 7.18. The van der Waals surface area contributed by atoms with Crippen LogP contribution >= 0.6 is 0 Å². The van der Waals surface area contributed by atoms with Crippen LogP contribution in [0.5, 0.6) is 0 Å². The molecule has 0 spiro atoms. The SMILES string of the molecule is C[C@H](CO)N1C[C@H](C)[C@@H](CN(C)C(=O)Nc2ccnc(N3CCOCC3)c2)OCc2cn(nn2)CCCC1=O. The van der Waals surface area contributed by atoms with Crippen LogP contribution in [0.2, 0.25) is 0 Å². The van der Waals surface area contributed by atoms with Gasteiger partial charge in [0.15, 0.2) is 0 Å². The highest BCUT2D eigenvalue weighted by Gasteiger charge is 2.29. The Bertz CT molecular complexity index is 1090. The average molecular weight is 545 g/mol. The Balaban J connectivity index is 1.45. The first-order chi connectivity index (χ1) is 18.8. The summed E-state index contributed by atoms with van der Waals surface area (Å²) in [5, 5.41) is 21.1. The minimum Gasteiger partial charge on any atom is -0.394 e. The standard InChI is InChI=1S/C26H40N8O5/c1-19-14-34(20(2)17-35)25(36)5-4-8-33-15-22(29-30-33)18-39-23(19)16-31(3)26(37)28-21-6-7-27-24(13-21)32-9-11-38-12-10-32/h6-7,13,15,19-20,23,35H,4-5,8-12,14,16-18H2,1-3H3,(H,27,28,37)/t19-,20+,23+/m0/s1. The van der Waals surface area contributed by atoms with Gasteiger partial charge in [0.05, 0.1) is 44.8 Å². The number of fused-ring (bicyclic) bond motifs is 2. The number of hydrogen-bond donors (Lipinski definition) is 2. The zero-order valence-electron chi connectivity index (χ0n) is 23.0. The highest BCUT2D eigenvalue weighted by atomic mass is 16.5. The fraction of sp³-hybridized carbons (Fsp3) is 0.654. The highest BCUT2D eigenvalue weighted by Crippen LogP contribution is 2.20. The summed E-state index contributed by atoms with van der Waals surface area (Å²) in [5.74, 6) is 0.645. The number of aromatic nitrogens is 4. The van der Waals surface area contributed by atoms with E-state index in [1.54, 1.807) is 33.8 Å². The number of nitrogens with zero attached hydrogens (tertiary/aromatic N) is 7. The van der Waals surface area contributed by atoms with Crippen molar-refractivity contribution in [1.29, 1.82) is 0 Å². The summed E-state index contributed by atoms with van der Waals surface area (Å²) in [5.41, 5.74) is 1.34. The fourth-order valence-corrected chi connectivity index (χ4v) is 4.73. The van der Waals surface area contributed by atoms with Gasteiger partial charge in [-0.25, -0.2) is 9.78 Å². The molecular formula is C26H40N8O5. The number of amides is 3. The van der Waals surface area contributed by atoms with Crippen LogP contribution in [-0.4, -0.2) is 112 Å². The van der Waals surface area contributed by atoms with Crippen molar-refractivity contribution in [2.45, 2.75) is 52.0 Å². The van der Waals surface area contributed by atoms with Gasteiger partial charge in [0, 0.05) is 70.1 Å². The van der Waals surface area contributed by atoms with Gasteiger partial charge in [-0.2, -0.15) is 0 Å². The van der Waals surface area contributed by atoms with Crippen LogP contribution in [0.3, 0.4) is 0 Å². The Kier molecular flexibility index (Phi) is 10.1. The number of urea groups is 1.